The third-order valence-electron chi connectivity index (χ3n) is 11.5. The van der Waals surface area contributed by atoms with E-state index in [0.717, 1.165) is 44.3 Å². The van der Waals surface area contributed by atoms with Gasteiger partial charge in [0.1, 0.15) is 5.58 Å². The van der Waals surface area contributed by atoms with E-state index in [1.807, 2.05) is 6.07 Å². The lowest BCUT2D eigenvalue weighted by Crippen LogP contribution is -1.94. The van der Waals surface area contributed by atoms with Crippen LogP contribution in [0.25, 0.3) is 110 Å². The second kappa shape index (κ2) is 11.6. The molecule has 0 saturated carbocycles. The summed E-state index contributed by atoms with van der Waals surface area (Å²) < 4.78 is 11.3. The molecule has 0 atom stereocenters. The summed E-state index contributed by atoms with van der Waals surface area (Å²) >= 11 is 0. The average molecular weight is 701 g/mol. The lowest BCUT2D eigenvalue weighted by molar-refractivity contribution is 0.666. The molecule has 0 fully saturated rings. The Labute approximate surface area is 316 Å². The maximum atomic E-state index is 6.53. The van der Waals surface area contributed by atoms with E-state index in [0.29, 0.717) is 0 Å². The van der Waals surface area contributed by atoms with Gasteiger partial charge < -0.3 is 13.6 Å². The Bertz CT molecular complexity index is 3490. The van der Waals surface area contributed by atoms with E-state index in [9.17, 15) is 0 Å². The third kappa shape index (κ3) is 4.50. The molecule has 9 aromatic carbocycles. The summed E-state index contributed by atoms with van der Waals surface area (Å²) in [6.07, 6.45) is 0. The first kappa shape index (κ1) is 30.1. The quantitative estimate of drug-likeness (QED) is 0.179. The zero-order valence-corrected chi connectivity index (χ0v) is 29.8. The van der Waals surface area contributed by atoms with Crippen LogP contribution in [-0.4, -0.2) is 9.13 Å². The molecule has 3 nitrogen and oxygen atoms in total. The molecule has 0 bridgehead atoms. The molecular formula is C52H32N2O. The summed E-state index contributed by atoms with van der Waals surface area (Å²) in [7, 11) is 0. The second-order valence-electron chi connectivity index (χ2n) is 14.5. The van der Waals surface area contributed by atoms with Crippen LogP contribution < -0.4 is 0 Å². The molecule has 0 aliphatic carbocycles. The van der Waals surface area contributed by atoms with Crippen LogP contribution in [0, 0.1) is 0 Å². The highest BCUT2D eigenvalue weighted by molar-refractivity contribution is 6.14. The van der Waals surface area contributed by atoms with E-state index >= 15 is 0 Å². The molecule has 3 heteroatoms. The Hall–Kier alpha value is -7.36. The maximum Gasteiger partial charge on any atom is 0.159 e. The fourth-order valence-electron chi connectivity index (χ4n) is 8.92. The van der Waals surface area contributed by atoms with Crippen molar-refractivity contribution in [1.29, 1.82) is 0 Å². The number of rotatable bonds is 4. The third-order valence-corrected chi connectivity index (χ3v) is 11.5. The van der Waals surface area contributed by atoms with Gasteiger partial charge in [0.15, 0.2) is 5.58 Å². The zero-order valence-electron chi connectivity index (χ0n) is 29.8. The number of hydrogen-bond donors (Lipinski definition) is 0. The van der Waals surface area contributed by atoms with Gasteiger partial charge in [-0.1, -0.05) is 133 Å². The second-order valence-corrected chi connectivity index (χ2v) is 14.5. The highest BCUT2D eigenvalue weighted by Gasteiger charge is 2.19. The number of nitrogens with zero attached hydrogens (tertiary/aromatic N) is 2. The number of para-hydroxylation sites is 4. The van der Waals surface area contributed by atoms with E-state index in [1.54, 1.807) is 0 Å². The summed E-state index contributed by atoms with van der Waals surface area (Å²) in [6.45, 7) is 0. The van der Waals surface area contributed by atoms with Crippen LogP contribution in [0.5, 0.6) is 0 Å². The normalized spacial score (nSPS) is 12.0. The van der Waals surface area contributed by atoms with Crippen molar-refractivity contribution in [1.82, 2.24) is 9.13 Å². The summed E-state index contributed by atoms with van der Waals surface area (Å²) in [6, 6.07) is 70.3. The van der Waals surface area contributed by atoms with Gasteiger partial charge in [0.25, 0.3) is 0 Å². The first-order valence-corrected chi connectivity index (χ1v) is 18.8. The molecule has 0 unspecified atom stereocenters. The summed E-state index contributed by atoms with van der Waals surface area (Å²) in [5.74, 6) is 0. The highest BCUT2D eigenvalue weighted by Crippen LogP contribution is 2.41. The first-order valence-electron chi connectivity index (χ1n) is 18.8. The van der Waals surface area contributed by atoms with Gasteiger partial charge >= 0.3 is 0 Å². The van der Waals surface area contributed by atoms with E-state index in [1.165, 1.54) is 65.6 Å². The van der Waals surface area contributed by atoms with Crippen LogP contribution >= 0.6 is 0 Å². The van der Waals surface area contributed by atoms with Crippen LogP contribution in [0.4, 0.5) is 0 Å². The lowest BCUT2D eigenvalue weighted by Gasteiger charge is -2.11. The molecule has 0 amide bonds. The van der Waals surface area contributed by atoms with Crippen LogP contribution in [0.15, 0.2) is 199 Å². The van der Waals surface area contributed by atoms with E-state index < -0.39 is 0 Å². The molecule has 256 valence electrons. The Kier molecular flexibility index (Phi) is 6.34. The molecule has 0 radical (unpaired) electrons. The smallest absolute Gasteiger partial charge is 0.159 e. The zero-order chi connectivity index (χ0) is 36.0. The van der Waals surface area contributed by atoms with Crippen LogP contribution in [0.2, 0.25) is 0 Å². The fourth-order valence-corrected chi connectivity index (χ4v) is 8.92. The van der Waals surface area contributed by atoms with Crippen molar-refractivity contribution in [2.45, 2.75) is 0 Å². The van der Waals surface area contributed by atoms with Crippen LogP contribution in [0.3, 0.4) is 0 Å². The molecule has 0 spiro atoms. The number of benzene rings is 9. The fraction of sp³-hybridized carbons (Fsp3) is 0. The van der Waals surface area contributed by atoms with Gasteiger partial charge in [-0.25, -0.2) is 0 Å². The standard InChI is InChI=1S/C52H32N2O/c1-2-11-35-30-36(21-20-33(35)10-1)34-22-26-39(27-23-34)53-46-16-6-3-12-40(46)42-28-24-38(32-50(42)53)37-25-29-48-45(31-37)41-13-4-7-17-47(41)54(48)49-18-9-15-44-43-14-5-8-19-51(43)55-52(44)49/h1-32H. The van der Waals surface area contributed by atoms with Crippen molar-refractivity contribution >= 4 is 76.3 Å². The van der Waals surface area contributed by atoms with Crippen molar-refractivity contribution in [2.75, 3.05) is 0 Å². The van der Waals surface area contributed by atoms with Gasteiger partial charge in [0, 0.05) is 38.0 Å². The first-order chi connectivity index (χ1) is 27.3. The molecule has 0 aliphatic rings. The minimum Gasteiger partial charge on any atom is -0.454 e. The molecule has 0 aliphatic heterocycles. The van der Waals surface area contributed by atoms with Crippen molar-refractivity contribution < 1.29 is 4.42 Å². The Morgan fingerprint density at radius 2 is 0.891 bits per heavy atom. The molecule has 0 N–H and O–H groups in total. The van der Waals surface area contributed by atoms with E-state index in [4.69, 9.17) is 4.42 Å². The van der Waals surface area contributed by atoms with Gasteiger partial charge in [-0.3, -0.25) is 0 Å². The molecule has 3 heterocycles. The number of hydrogen-bond acceptors (Lipinski definition) is 1. The largest absolute Gasteiger partial charge is 0.454 e. The molecule has 55 heavy (non-hydrogen) atoms. The SMILES string of the molecule is c1ccc2cc(-c3ccc(-n4c5ccccc5c5ccc(-c6ccc7c(c6)c6ccccc6n7-c6cccc7c6oc6ccccc67)cc54)cc3)ccc2c1. The van der Waals surface area contributed by atoms with Crippen molar-refractivity contribution in [3.8, 4) is 33.6 Å². The van der Waals surface area contributed by atoms with Gasteiger partial charge in [0.05, 0.1) is 27.8 Å². The molecule has 12 rings (SSSR count). The predicted molar refractivity (Wildman–Crippen MR) is 231 cm³/mol. The van der Waals surface area contributed by atoms with Crippen molar-refractivity contribution in [3.05, 3.63) is 194 Å². The summed E-state index contributed by atoms with van der Waals surface area (Å²) in [5.41, 5.74) is 13.5. The minimum atomic E-state index is 0.902. The average Bonchev–Trinajstić information content (AvgIpc) is 3.91. The topological polar surface area (TPSA) is 23.0 Å². The van der Waals surface area contributed by atoms with Crippen LogP contribution in [-0.2, 0) is 0 Å². The van der Waals surface area contributed by atoms with Gasteiger partial charge in [-0.15, -0.1) is 0 Å². The van der Waals surface area contributed by atoms with Gasteiger partial charge in [-0.05, 0) is 93.7 Å². The number of fused-ring (bicyclic) bond motifs is 10. The predicted octanol–water partition coefficient (Wildman–Crippen LogP) is 14.3. The molecule has 3 aromatic heterocycles. The Morgan fingerprint density at radius 1 is 0.309 bits per heavy atom. The minimum absolute atomic E-state index is 0.902. The number of furan rings is 1. The van der Waals surface area contributed by atoms with Crippen LogP contribution in [0.1, 0.15) is 0 Å². The number of aromatic nitrogens is 2. The Balaban J connectivity index is 1.01. The monoisotopic (exact) mass is 700 g/mol. The molecule has 0 saturated heterocycles. The van der Waals surface area contributed by atoms with Gasteiger partial charge in [-0.2, -0.15) is 0 Å². The maximum absolute atomic E-state index is 6.53. The summed E-state index contributed by atoms with van der Waals surface area (Å²) in [5, 5.41) is 9.70. The van der Waals surface area contributed by atoms with E-state index in [-0.39, 0.29) is 0 Å². The summed E-state index contributed by atoms with van der Waals surface area (Å²) in [4.78, 5) is 0. The molecular weight excluding hydrogens is 669 g/mol. The van der Waals surface area contributed by atoms with Crippen molar-refractivity contribution in [2.24, 2.45) is 0 Å². The van der Waals surface area contributed by atoms with Crippen molar-refractivity contribution in [3.63, 3.8) is 0 Å². The Morgan fingerprint density at radius 3 is 1.75 bits per heavy atom. The lowest BCUT2D eigenvalue weighted by atomic mass is 10.0. The highest BCUT2D eigenvalue weighted by atomic mass is 16.3. The van der Waals surface area contributed by atoms with E-state index in [2.05, 4.69) is 197 Å². The molecule has 12 aromatic rings. The van der Waals surface area contributed by atoms with Gasteiger partial charge in [0.2, 0.25) is 0 Å².